The topological polar surface area (TPSA) is 81.2 Å². The lowest BCUT2D eigenvalue weighted by atomic mass is 10.0. The summed E-state index contributed by atoms with van der Waals surface area (Å²) in [6.45, 7) is 6.64. The van der Waals surface area contributed by atoms with Crippen molar-refractivity contribution in [2.24, 2.45) is 0 Å². The minimum absolute atomic E-state index is 0.610. The SMILES string of the molecule is Cc1cn[nH]c1Cn1c(C)c(C#N)c(-c2ccc(C#N)cc2)c1C. The zero-order chi connectivity index (χ0) is 17.3. The van der Waals surface area contributed by atoms with Crippen LogP contribution < -0.4 is 0 Å². The molecule has 0 saturated carbocycles. The largest absolute Gasteiger partial charge is 0.341 e. The van der Waals surface area contributed by atoms with Gasteiger partial charge in [-0.25, -0.2) is 0 Å². The van der Waals surface area contributed by atoms with Gasteiger partial charge in [0.25, 0.3) is 0 Å². The molecule has 0 amide bonds. The number of hydrogen-bond donors (Lipinski definition) is 1. The van der Waals surface area contributed by atoms with Crippen molar-refractivity contribution in [2.45, 2.75) is 27.3 Å². The van der Waals surface area contributed by atoms with Gasteiger partial charge in [-0.05, 0) is 44.0 Å². The molecule has 24 heavy (non-hydrogen) atoms. The second-order valence-electron chi connectivity index (χ2n) is 5.84. The number of nitrogens with one attached hydrogen (secondary N) is 1. The number of benzene rings is 1. The van der Waals surface area contributed by atoms with Crippen molar-refractivity contribution in [1.82, 2.24) is 14.8 Å². The molecular weight excluding hydrogens is 298 g/mol. The van der Waals surface area contributed by atoms with Crippen LogP contribution in [0.2, 0.25) is 0 Å². The summed E-state index contributed by atoms with van der Waals surface area (Å²) in [5, 5.41) is 25.7. The van der Waals surface area contributed by atoms with Crippen molar-refractivity contribution >= 4 is 0 Å². The molecule has 3 rings (SSSR count). The molecule has 3 aromatic rings. The monoisotopic (exact) mass is 315 g/mol. The molecular formula is C19H17N5. The molecule has 0 saturated heterocycles. The highest BCUT2D eigenvalue weighted by atomic mass is 15.1. The Bertz CT molecular complexity index is 975. The van der Waals surface area contributed by atoms with Crippen LogP contribution in [0.4, 0.5) is 0 Å². The van der Waals surface area contributed by atoms with E-state index in [0.717, 1.165) is 33.8 Å². The summed E-state index contributed by atoms with van der Waals surface area (Å²) in [4.78, 5) is 0. The van der Waals surface area contributed by atoms with Crippen LogP contribution in [-0.4, -0.2) is 14.8 Å². The maximum atomic E-state index is 9.64. The predicted molar refractivity (Wildman–Crippen MR) is 91.2 cm³/mol. The van der Waals surface area contributed by atoms with Gasteiger partial charge in [-0.3, -0.25) is 5.10 Å². The summed E-state index contributed by atoms with van der Waals surface area (Å²) in [6.07, 6.45) is 1.80. The van der Waals surface area contributed by atoms with Gasteiger partial charge in [0.05, 0.1) is 35.6 Å². The van der Waals surface area contributed by atoms with Crippen LogP contribution >= 0.6 is 0 Å². The zero-order valence-corrected chi connectivity index (χ0v) is 13.9. The van der Waals surface area contributed by atoms with Crippen LogP contribution in [0.5, 0.6) is 0 Å². The normalized spacial score (nSPS) is 10.4. The summed E-state index contributed by atoms with van der Waals surface area (Å²) in [5.74, 6) is 0. The Morgan fingerprint density at radius 3 is 2.29 bits per heavy atom. The van der Waals surface area contributed by atoms with Gasteiger partial charge >= 0.3 is 0 Å². The second-order valence-corrected chi connectivity index (χ2v) is 5.84. The minimum atomic E-state index is 0.610. The number of aromatic amines is 1. The Balaban J connectivity index is 2.13. The number of aryl methyl sites for hydroxylation is 1. The van der Waals surface area contributed by atoms with Gasteiger partial charge in [0.2, 0.25) is 0 Å². The lowest BCUT2D eigenvalue weighted by Gasteiger charge is -2.09. The first-order valence-electron chi connectivity index (χ1n) is 7.66. The Hall–Kier alpha value is -3.31. The molecule has 0 aliphatic heterocycles. The van der Waals surface area contributed by atoms with Crippen LogP contribution in [-0.2, 0) is 6.54 Å². The number of nitrogens with zero attached hydrogens (tertiary/aromatic N) is 4. The molecule has 0 aliphatic rings. The molecule has 0 spiro atoms. The third kappa shape index (κ3) is 2.47. The van der Waals surface area contributed by atoms with E-state index in [0.29, 0.717) is 17.7 Å². The third-order valence-corrected chi connectivity index (χ3v) is 4.45. The van der Waals surface area contributed by atoms with Gasteiger partial charge < -0.3 is 4.57 Å². The fraction of sp³-hybridized carbons (Fsp3) is 0.211. The van der Waals surface area contributed by atoms with Crippen LogP contribution in [0, 0.1) is 43.4 Å². The van der Waals surface area contributed by atoms with Crippen molar-refractivity contribution in [3.8, 4) is 23.3 Å². The molecule has 2 aromatic heterocycles. The van der Waals surface area contributed by atoms with Gasteiger partial charge in [-0.15, -0.1) is 0 Å². The first kappa shape index (κ1) is 15.6. The van der Waals surface area contributed by atoms with Crippen molar-refractivity contribution in [1.29, 1.82) is 10.5 Å². The molecule has 0 atom stereocenters. The maximum Gasteiger partial charge on any atom is 0.102 e. The molecule has 118 valence electrons. The van der Waals surface area contributed by atoms with E-state index in [-0.39, 0.29) is 0 Å². The fourth-order valence-corrected chi connectivity index (χ4v) is 3.01. The van der Waals surface area contributed by atoms with E-state index in [1.807, 2.05) is 32.9 Å². The summed E-state index contributed by atoms with van der Waals surface area (Å²) in [6, 6.07) is 11.8. The quantitative estimate of drug-likeness (QED) is 0.802. The smallest absolute Gasteiger partial charge is 0.102 e. The Morgan fingerprint density at radius 1 is 1.04 bits per heavy atom. The summed E-state index contributed by atoms with van der Waals surface area (Å²) in [5.41, 5.74) is 7.26. The number of hydrogen-bond acceptors (Lipinski definition) is 3. The van der Waals surface area contributed by atoms with Crippen molar-refractivity contribution < 1.29 is 0 Å². The number of rotatable bonds is 3. The average molecular weight is 315 g/mol. The number of aromatic nitrogens is 3. The van der Waals surface area contributed by atoms with Crippen molar-refractivity contribution in [3.63, 3.8) is 0 Å². The van der Waals surface area contributed by atoms with Crippen molar-refractivity contribution in [2.75, 3.05) is 0 Å². The predicted octanol–water partition coefficient (Wildman–Crippen LogP) is 3.60. The maximum absolute atomic E-state index is 9.64. The lowest BCUT2D eigenvalue weighted by Crippen LogP contribution is -2.05. The van der Waals surface area contributed by atoms with Crippen molar-refractivity contribution in [3.05, 3.63) is 64.2 Å². The molecule has 0 bridgehead atoms. The Kier molecular flexibility index (Phi) is 3.93. The molecule has 0 aliphatic carbocycles. The molecule has 5 nitrogen and oxygen atoms in total. The third-order valence-electron chi connectivity index (χ3n) is 4.45. The highest BCUT2D eigenvalue weighted by molar-refractivity contribution is 5.75. The Labute approximate surface area is 140 Å². The van der Waals surface area contributed by atoms with E-state index >= 15 is 0 Å². The molecule has 1 N–H and O–H groups in total. The zero-order valence-electron chi connectivity index (χ0n) is 13.9. The molecule has 2 heterocycles. The van der Waals surface area contributed by atoms with E-state index in [4.69, 9.17) is 5.26 Å². The summed E-state index contributed by atoms with van der Waals surface area (Å²) < 4.78 is 2.13. The molecule has 0 radical (unpaired) electrons. The molecule has 0 fully saturated rings. The number of nitriles is 2. The van der Waals surface area contributed by atoms with E-state index in [1.54, 1.807) is 18.3 Å². The summed E-state index contributed by atoms with van der Waals surface area (Å²) in [7, 11) is 0. The van der Waals surface area contributed by atoms with Gasteiger partial charge in [0.1, 0.15) is 6.07 Å². The van der Waals surface area contributed by atoms with Crippen LogP contribution in [0.3, 0.4) is 0 Å². The van der Waals surface area contributed by atoms with Gasteiger partial charge in [0.15, 0.2) is 0 Å². The van der Waals surface area contributed by atoms with Gasteiger partial charge in [-0.1, -0.05) is 12.1 Å². The summed E-state index contributed by atoms with van der Waals surface area (Å²) >= 11 is 0. The fourth-order valence-electron chi connectivity index (χ4n) is 3.01. The first-order chi connectivity index (χ1) is 11.6. The molecule has 5 heteroatoms. The van der Waals surface area contributed by atoms with Gasteiger partial charge in [-0.2, -0.15) is 15.6 Å². The van der Waals surface area contributed by atoms with Crippen LogP contribution in [0.25, 0.3) is 11.1 Å². The van der Waals surface area contributed by atoms with Crippen LogP contribution in [0.15, 0.2) is 30.5 Å². The number of H-pyrrole nitrogens is 1. The second kappa shape index (κ2) is 6.06. The van der Waals surface area contributed by atoms with Gasteiger partial charge in [0, 0.05) is 17.0 Å². The molecule has 1 aromatic carbocycles. The van der Waals surface area contributed by atoms with E-state index in [1.165, 1.54) is 0 Å². The van der Waals surface area contributed by atoms with E-state index < -0.39 is 0 Å². The highest BCUT2D eigenvalue weighted by Gasteiger charge is 2.19. The lowest BCUT2D eigenvalue weighted by molar-refractivity contribution is 0.723. The average Bonchev–Trinajstić information content (AvgIpc) is 3.10. The molecule has 0 unspecified atom stereocenters. The minimum Gasteiger partial charge on any atom is -0.341 e. The highest BCUT2D eigenvalue weighted by Crippen LogP contribution is 2.32. The van der Waals surface area contributed by atoms with E-state index in [9.17, 15) is 5.26 Å². The standard InChI is InChI=1S/C19H17N5/c1-12-10-22-23-18(12)11-24-13(2)17(9-21)19(14(24)3)16-6-4-15(8-20)5-7-16/h4-7,10H,11H2,1-3H3,(H,22,23). The van der Waals surface area contributed by atoms with E-state index in [2.05, 4.69) is 26.9 Å². The first-order valence-corrected chi connectivity index (χ1v) is 7.66. The van der Waals surface area contributed by atoms with Crippen LogP contribution in [0.1, 0.15) is 33.8 Å². The Morgan fingerprint density at radius 2 is 1.75 bits per heavy atom.